The van der Waals surface area contributed by atoms with E-state index in [2.05, 4.69) is 5.32 Å². The summed E-state index contributed by atoms with van der Waals surface area (Å²) >= 11 is 1.49. The van der Waals surface area contributed by atoms with Gasteiger partial charge in [-0.05, 0) is 30.3 Å². The molecule has 0 saturated heterocycles. The van der Waals surface area contributed by atoms with Gasteiger partial charge in [0.25, 0.3) is 5.91 Å². The molecule has 4 nitrogen and oxygen atoms in total. The minimum absolute atomic E-state index is 0.0338. The van der Waals surface area contributed by atoms with Crippen LogP contribution in [0.4, 0.5) is 11.4 Å². The monoisotopic (exact) mass is 298 g/mol. The Balaban J connectivity index is 1.88. The molecule has 3 rings (SSSR count). The molecular weight excluding hydrogens is 284 g/mol. The SMILES string of the molecule is CN(C(=O)c1ccc2c(c1)NC(=O)CS2)c1ccccc1. The number of nitrogens with zero attached hydrogens (tertiary/aromatic N) is 1. The first-order valence-electron chi connectivity index (χ1n) is 6.55. The summed E-state index contributed by atoms with van der Waals surface area (Å²) in [6, 6.07) is 14.9. The van der Waals surface area contributed by atoms with Crippen molar-refractivity contribution >= 4 is 35.0 Å². The molecule has 2 amide bonds. The van der Waals surface area contributed by atoms with E-state index in [1.54, 1.807) is 24.1 Å². The predicted octanol–water partition coefficient (Wildman–Crippen LogP) is 3.01. The number of rotatable bonds is 2. The van der Waals surface area contributed by atoms with Crippen LogP contribution in [0.3, 0.4) is 0 Å². The molecule has 1 heterocycles. The highest BCUT2D eigenvalue weighted by Crippen LogP contribution is 2.32. The fourth-order valence-electron chi connectivity index (χ4n) is 2.18. The van der Waals surface area contributed by atoms with E-state index in [0.717, 1.165) is 10.6 Å². The summed E-state index contributed by atoms with van der Waals surface area (Å²) in [5, 5.41) is 2.80. The first-order valence-corrected chi connectivity index (χ1v) is 7.53. The molecule has 106 valence electrons. The molecule has 5 heteroatoms. The van der Waals surface area contributed by atoms with Crippen LogP contribution in [0.15, 0.2) is 53.4 Å². The van der Waals surface area contributed by atoms with Crippen LogP contribution < -0.4 is 10.2 Å². The zero-order valence-corrected chi connectivity index (χ0v) is 12.3. The molecule has 21 heavy (non-hydrogen) atoms. The van der Waals surface area contributed by atoms with Crippen molar-refractivity contribution < 1.29 is 9.59 Å². The number of nitrogens with one attached hydrogen (secondary N) is 1. The summed E-state index contributed by atoms with van der Waals surface area (Å²) in [5.74, 6) is 0.284. The van der Waals surface area contributed by atoms with Gasteiger partial charge in [0.15, 0.2) is 0 Å². The van der Waals surface area contributed by atoms with Crippen molar-refractivity contribution in [2.75, 3.05) is 23.0 Å². The zero-order chi connectivity index (χ0) is 14.8. The number of amides is 2. The summed E-state index contributed by atoms with van der Waals surface area (Å²) in [6.45, 7) is 0. The van der Waals surface area contributed by atoms with Gasteiger partial charge in [-0.3, -0.25) is 9.59 Å². The summed E-state index contributed by atoms with van der Waals surface area (Å²) in [6.07, 6.45) is 0. The second kappa shape index (κ2) is 5.61. The molecule has 0 saturated carbocycles. The van der Waals surface area contributed by atoms with E-state index >= 15 is 0 Å². The normalized spacial score (nSPS) is 13.3. The number of hydrogen-bond acceptors (Lipinski definition) is 3. The van der Waals surface area contributed by atoms with Crippen molar-refractivity contribution in [2.45, 2.75) is 4.90 Å². The summed E-state index contributed by atoms with van der Waals surface area (Å²) in [7, 11) is 1.74. The molecule has 0 aliphatic carbocycles. The lowest BCUT2D eigenvalue weighted by Crippen LogP contribution is -2.26. The van der Waals surface area contributed by atoms with Crippen molar-refractivity contribution in [1.82, 2.24) is 0 Å². The Bertz CT molecular complexity index is 701. The molecule has 0 fully saturated rings. The van der Waals surface area contributed by atoms with Crippen LogP contribution in [-0.2, 0) is 4.79 Å². The van der Waals surface area contributed by atoms with E-state index in [0.29, 0.717) is 17.0 Å². The van der Waals surface area contributed by atoms with Crippen molar-refractivity contribution in [1.29, 1.82) is 0 Å². The van der Waals surface area contributed by atoms with Gasteiger partial charge in [-0.15, -0.1) is 11.8 Å². The lowest BCUT2D eigenvalue weighted by molar-refractivity contribution is -0.113. The maximum atomic E-state index is 12.5. The Labute approximate surface area is 127 Å². The largest absolute Gasteiger partial charge is 0.324 e. The standard InChI is InChI=1S/C16H14N2O2S/c1-18(12-5-3-2-4-6-12)16(20)11-7-8-14-13(9-11)17-15(19)10-21-14/h2-9H,10H2,1H3,(H,17,19). The third-order valence-corrected chi connectivity index (χ3v) is 4.38. The van der Waals surface area contributed by atoms with E-state index < -0.39 is 0 Å². The molecule has 0 unspecified atom stereocenters. The third-order valence-electron chi connectivity index (χ3n) is 3.31. The van der Waals surface area contributed by atoms with E-state index in [1.165, 1.54) is 11.8 Å². The second-order valence-corrected chi connectivity index (χ2v) is 5.76. The highest BCUT2D eigenvalue weighted by Gasteiger charge is 2.19. The Morgan fingerprint density at radius 2 is 1.95 bits per heavy atom. The Morgan fingerprint density at radius 3 is 2.71 bits per heavy atom. The van der Waals surface area contributed by atoms with Crippen molar-refractivity contribution in [3.8, 4) is 0 Å². The fourth-order valence-corrected chi connectivity index (χ4v) is 2.97. The zero-order valence-electron chi connectivity index (χ0n) is 11.5. The van der Waals surface area contributed by atoms with Gasteiger partial charge in [-0.2, -0.15) is 0 Å². The predicted molar refractivity (Wildman–Crippen MR) is 85.0 cm³/mol. The molecule has 1 N–H and O–H groups in total. The quantitative estimate of drug-likeness (QED) is 0.927. The molecule has 1 aliphatic rings. The van der Waals surface area contributed by atoms with E-state index in [1.807, 2.05) is 36.4 Å². The van der Waals surface area contributed by atoms with Crippen LogP contribution in [0.5, 0.6) is 0 Å². The van der Waals surface area contributed by atoms with Gasteiger partial charge >= 0.3 is 0 Å². The van der Waals surface area contributed by atoms with Gasteiger partial charge in [-0.25, -0.2) is 0 Å². The first-order chi connectivity index (χ1) is 10.1. The molecule has 0 atom stereocenters. The highest BCUT2D eigenvalue weighted by molar-refractivity contribution is 8.00. The minimum atomic E-state index is -0.103. The lowest BCUT2D eigenvalue weighted by atomic mass is 10.1. The Hall–Kier alpha value is -2.27. The number of hydrogen-bond donors (Lipinski definition) is 1. The van der Waals surface area contributed by atoms with Crippen LogP contribution in [0.2, 0.25) is 0 Å². The molecule has 0 radical (unpaired) electrons. The number of carbonyl (C=O) groups is 2. The average Bonchev–Trinajstić information content (AvgIpc) is 2.53. The molecule has 2 aromatic rings. The smallest absolute Gasteiger partial charge is 0.258 e. The van der Waals surface area contributed by atoms with Gasteiger partial charge in [0, 0.05) is 23.2 Å². The molecular formula is C16H14N2O2S. The summed E-state index contributed by atoms with van der Waals surface area (Å²) < 4.78 is 0. The average molecular weight is 298 g/mol. The van der Waals surface area contributed by atoms with E-state index in [4.69, 9.17) is 0 Å². The van der Waals surface area contributed by atoms with Crippen molar-refractivity contribution in [3.05, 3.63) is 54.1 Å². The maximum Gasteiger partial charge on any atom is 0.258 e. The minimum Gasteiger partial charge on any atom is -0.324 e. The fraction of sp³-hybridized carbons (Fsp3) is 0.125. The van der Waals surface area contributed by atoms with Gasteiger partial charge in [0.05, 0.1) is 11.4 Å². The van der Waals surface area contributed by atoms with Gasteiger partial charge in [0.1, 0.15) is 0 Å². The van der Waals surface area contributed by atoms with Crippen LogP contribution >= 0.6 is 11.8 Å². The Kier molecular flexibility index (Phi) is 3.66. The van der Waals surface area contributed by atoms with Crippen LogP contribution in [0.25, 0.3) is 0 Å². The topological polar surface area (TPSA) is 49.4 Å². The number of benzene rings is 2. The first kappa shape index (κ1) is 13.7. The van der Waals surface area contributed by atoms with Gasteiger partial charge in [0.2, 0.25) is 5.91 Å². The number of carbonyl (C=O) groups excluding carboxylic acids is 2. The van der Waals surface area contributed by atoms with E-state index in [-0.39, 0.29) is 11.8 Å². The summed E-state index contributed by atoms with van der Waals surface area (Å²) in [5.41, 5.74) is 2.10. The van der Waals surface area contributed by atoms with Crippen LogP contribution in [0.1, 0.15) is 10.4 Å². The van der Waals surface area contributed by atoms with Crippen molar-refractivity contribution in [2.24, 2.45) is 0 Å². The maximum absolute atomic E-state index is 12.5. The number of anilines is 2. The van der Waals surface area contributed by atoms with Crippen molar-refractivity contribution in [3.63, 3.8) is 0 Å². The summed E-state index contributed by atoms with van der Waals surface area (Å²) in [4.78, 5) is 26.5. The van der Waals surface area contributed by atoms with Crippen LogP contribution in [-0.4, -0.2) is 24.6 Å². The second-order valence-electron chi connectivity index (χ2n) is 4.75. The number of para-hydroxylation sites is 1. The van der Waals surface area contributed by atoms with Gasteiger partial charge < -0.3 is 10.2 Å². The van der Waals surface area contributed by atoms with Gasteiger partial charge in [-0.1, -0.05) is 18.2 Å². The number of fused-ring (bicyclic) bond motifs is 1. The van der Waals surface area contributed by atoms with Crippen LogP contribution in [0, 0.1) is 0 Å². The van der Waals surface area contributed by atoms with E-state index in [9.17, 15) is 9.59 Å². The lowest BCUT2D eigenvalue weighted by Gasteiger charge is -2.20. The molecule has 0 aromatic heterocycles. The molecule has 1 aliphatic heterocycles. The Morgan fingerprint density at radius 1 is 1.19 bits per heavy atom. The number of thioether (sulfide) groups is 1. The third kappa shape index (κ3) is 2.78. The molecule has 0 spiro atoms. The highest BCUT2D eigenvalue weighted by atomic mass is 32.2. The molecule has 0 bridgehead atoms. The molecule has 2 aromatic carbocycles.